The highest BCUT2D eigenvalue weighted by Gasteiger charge is 2.17. The van der Waals surface area contributed by atoms with E-state index in [1.807, 2.05) is 0 Å². The van der Waals surface area contributed by atoms with Crippen molar-refractivity contribution in [3.05, 3.63) is 42.0 Å². The highest BCUT2D eigenvalue weighted by Crippen LogP contribution is 2.31. The monoisotopic (exact) mass is 320 g/mol. The Labute approximate surface area is 121 Å². The molecule has 1 atom stereocenters. The van der Waals surface area contributed by atoms with Gasteiger partial charge < -0.3 is 9.47 Å². The Morgan fingerprint density at radius 2 is 2.05 bits per heavy atom. The highest BCUT2D eigenvalue weighted by molar-refractivity contribution is 9.08. The van der Waals surface area contributed by atoms with Gasteiger partial charge in [-0.1, -0.05) is 46.3 Å². The largest absolute Gasteiger partial charge is 0.465 e. The van der Waals surface area contributed by atoms with Crippen molar-refractivity contribution in [2.24, 2.45) is 0 Å². The SMILES string of the molecule is BrCc1c(OC2CCCCO2)ccc2ccccc12. The highest BCUT2D eigenvalue weighted by atomic mass is 79.9. The van der Waals surface area contributed by atoms with Gasteiger partial charge in [-0.2, -0.15) is 0 Å². The van der Waals surface area contributed by atoms with Crippen LogP contribution in [0, 0.1) is 0 Å². The van der Waals surface area contributed by atoms with Crippen LogP contribution in [0.3, 0.4) is 0 Å². The molecule has 2 nitrogen and oxygen atoms in total. The van der Waals surface area contributed by atoms with Crippen LogP contribution in [0.4, 0.5) is 0 Å². The number of benzene rings is 2. The molecule has 1 aliphatic heterocycles. The summed E-state index contributed by atoms with van der Waals surface area (Å²) in [6.45, 7) is 0.807. The molecule has 1 heterocycles. The maximum atomic E-state index is 6.03. The van der Waals surface area contributed by atoms with Gasteiger partial charge >= 0.3 is 0 Å². The van der Waals surface area contributed by atoms with E-state index >= 15 is 0 Å². The lowest BCUT2D eigenvalue weighted by Gasteiger charge is -2.24. The number of alkyl halides is 1. The van der Waals surface area contributed by atoms with Crippen molar-refractivity contribution in [2.75, 3.05) is 6.61 Å². The Hall–Kier alpha value is -1.06. The van der Waals surface area contributed by atoms with Gasteiger partial charge in [-0.05, 0) is 29.7 Å². The van der Waals surface area contributed by atoms with Crippen LogP contribution in [-0.4, -0.2) is 12.9 Å². The summed E-state index contributed by atoms with van der Waals surface area (Å²) in [5.41, 5.74) is 1.20. The lowest BCUT2D eigenvalue weighted by atomic mass is 10.0. The van der Waals surface area contributed by atoms with E-state index in [0.29, 0.717) is 0 Å². The van der Waals surface area contributed by atoms with E-state index in [1.165, 1.54) is 22.8 Å². The van der Waals surface area contributed by atoms with E-state index in [4.69, 9.17) is 9.47 Å². The third kappa shape index (κ3) is 2.77. The molecule has 0 N–H and O–H groups in total. The molecule has 0 bridgehead atoms. The van der Waals surface area contributed by atoms with E-state index in [1.54, 1.807) is 0 Å². The molecular weight excluding hydrogens is 304 g/mol. The van der Waals surface area contributed by atoms with Gasteiger partial charge in [0, 0.05) is 17.3 Å². The third-order valence-corrected chi connectivity index (χ3v) is 4.09. The van der Waals surface area contributed by atoms with Crippen LogP contribution in [0.2, 0.25) is 0 Å². The second-order valence-electron chi connectivity index (χ2n) is 4.81. The second kappa shape index (κ2) is 5.93. The lowest BCUT2D eigenvalue weighted by molar-refractivity contribution is -0.106. The summed E-state index contributed by atoms with van der Waals surface area (Å²) >= 11 is 3.57. The molecule has 2 aromatic carbocycles. The Kier molecular flexibility index (Phi) is 4.04. The van der Waals surface area contributed by atoms with Crippen molar-refractivity contribution in [3.63, 3.8) is 0 Å². The molecule has 3 heteroatoms. The standard InChI is InChI=1S/C16H17BrO2/c17-11-14-13-6-2-1-5-12(13)8-9-15(14)19-16-7-3-4-10-18-16/h1-2,5-6,8-9,16H,3-4,7,10-11H2. The van der Waals surface area contributed by atoms with Crippen LogP contribution in [0.25, 0.3) is 10.8 Å². The summed E-state index contributed by atoms with van der Waals surface area (Å²) in [6, 6.07) is 12.6. The van der Waals surface area contributed by atoms with Gasteiger partial charge in [0.15, 0.2) is 6.29 Å². The van der Waals surface area contributed by atoms with Crippen molar-refractivity contribution in [3.8, 4) is 5.75 Å². The van der Waals surface area contributed by atoms with Crippen molar-refractivity contribution in [1.29, 1.82) is 0 Å². The van der Waals surface area contributed by atoms with Crippen LogP contribution in [0.1, 0.15) is 24.8 Å². The number of ether oxygens (including phenoxy) is 2. The first-order valence-electron chi connectivity index (χ1n) is 6.73. The Morgan fingerprint density at radius 1 is 1.16 bits per heavy atom. The van der Waals surface area contributed by atoms with Gasteiger partial charge in [0.1, 0.15) is 5.75 Å². The Morgan fingerprint density at radius 3 is 2.84 bits per heavy atom. The molecule has 0 saturated carbocycles. The van der Waals surface area contributed by atoms with Crippen molar-refractivity contribution >= 4 is 26.7 Å². The van der Waals surface area contributed by atoms with Crippen LogP contribution in [0.15, 0.2) is 36.4 Å². The minimum Gasteiger partial charge on any atom is -0.465 e. The molecule has 1 unspecified atom stereocenters. The van der Waals surface area contributed by atoms with E-state index in [9.17, 15) is 0 Å². The summed E-state index contributed by atoms with van der Waals surface area (Å²) in [4.78, 5) is 0. The Balaban J connectivity index is 1.93. The maximum Gasteiger partial charge on any atom is 0.199 e. The molecule has 3 rings (SSSR count). The number of hydrogen-bond acceptors (Lipinski definition) is 2. The third-order valence-electron chi connectivity index (χ3n) is 3.53. The average Bonchev–Trinajstić information content (AvgIpc) is 2.48. The Bertz CT molecular complexity index is 562. The van der Waals surface area contributed by atoms with Gasteiger partial charge in [-0.15, -0.1) is 0 Å². The van der Waals surface area contributed by atoms with Crippen LogP contribution in [0.5, 0.6) is 5.75 Å². The van der Waals surface area contributed by atoms with E-state index in [0.717, 1.165) is 30.5 Å². The molecule has 2 aromatic rings. The van der Waals surface area contributed by atoms with Crippen LogP contribution in [-0.2, 0) is 10.1 Å². The number of fused-ring (bicyclic) bond motifs is 1. The lowest BCUT2D eigenvalue weighted by Crippen LogP contribution is -2.25. The number of hydrogen-bond donors (Lipinski definition) is 0. The summed E-state index contributed by atoms with van der Waals surface area (Å²) in [7, 11) is 0. The molecule has 0 aliphatic carbocycles. The first-order chi connectivity index (χ1) is 9.38. The molecule has 0 spiro atoms. The molecule has 1 fully saturated rings. The number of rotatable bonds is 3. The van der Waals surface area contributed by atoms with Gasteiger partial charge in [-0.25, -0.2) is 0 Å². The quantitative estimate of drug-likeness (QED) is 0.767. The summed E-state index contributed by atoms with van der Waals surface area (Å²) in [6.07, 6.45) is 3.21. The van der Waals surface area contributed by atoms with Crippen molar-refractivity contribution < 1.29 is 9.47 Å². The smallest absolute Gasteiger partial charge is 0.199 e. The minimum atomic E-state index is -0.0901. The van der Waals surface area contributed by atoms with Gasteiger partial charge in [0.2, 0.25) is 0 Å². The molecule has 1 aliphatic rings. The number of halogens is 1. The normalized spacial score (nSPS) is 19.5. The average molecular weight is 321 g/mol. The minimum absolute atomic E-state index is 0.0901. The first-order valence-corrected chi connectivity index (χ1v) is 7.85. The first kappa shape index (κ1) is 12.9. The van der Waals surface area contributed by atoms with Crippen LogP contribution < -0.4 is 4.74 Å². The molecule has 100 valence electrons. The predicted molar refractivity (Wildman–Crippen MR) is 80.8 cm³/mol. The van der Waals surface area contributed by atoms with Crippen molar-refractivity contribution in [2.45, 2.75) is 30.9 Å². The second-order valence-corrected chi connectivity index (χ2v) is 5.37. The molecule has 0 amide bonds. The fourth-order valence-corrected chi connectivity index (χ4v) is 3.09. The van der Waals surface area contributed by atoms with Crippen molar-refractivity contribution in [1.82, 2.24) is 0 Å². The molecule has 0 radical (unpaired) electrons. The summed E-state index contributed by atoms with van der Waals surface area (Å²) in [5.74, 6) is 0.933. The topological polar surface area (TPSA) is 18.5 Å². The van der Waals surface area contributed by atoms with E-state index in [2.05, 4.69) is 52.3 Å². The van der Waals surface area contributed by atoms with Gasteiger partial charge in [0.05, 0.1) is 6.61 Å². The fourth-order valence-electron chi connectivity index (χ4n) is 2.51. The zero-order valence-corrected chi connectivity index (χ0v) is 12.4. The molecule has 0 aromatic heterocycles. The predicted octanol–water partition coefficient (Wildman–Crippen LogP) is 4.64. The fraction of sp³-hybridized carbons (Fsp3) is 0.375. The van der Waals surface area contributed by atoms with Gasteiger partial charge in [-0.3, -0.25) is 0 Å². The summed E-state index contributed by atoms with van der Waals surface area (Å²) < 4.78 is 11.7. The zero-order chi connectivity index (χ0) is 13.1. The summed E-state index contributed by atoms with van der Waals surface area (Å²) in [5, 5.41) is 3.28. The van der Waals surface area contributed by atoms with E-state index < -0.39 is 0 Å². The molecular formula is C16H17BrO2. The maximum absolute atomic E-state index is 6.03. The molecule has 1 saturated heterocycles. The zero-order valence-electron chi connectivity index (χ0n) is 10.8. The van der Waals surface area contributed by atoms with Gasteiger partial charge in [0.25, 0.3) is 0 Å². The van der Waals surface area contributed by atoms with E-state index in [-0.39, 0.29) is 6.29 Å². The molecule has 19 heavy (non-hydrogen) atoms. The van der Waals surface area contributed by atoms with Crippen LogP contribution >= 0.6 is 15.9 Å².